The Morgan fingerprint density at radius 2 is 2.00 bits per heavy atom. The normalized spacial score (nSPS) is 16.0. The molecule has 0 spiro atoms. The van der Waals surface area contributed by atoms with Crippen LogP contribution in [0.5, 0.6) is 0 Å². The average Bonchev–Trinajstić information content (AvgIpc) is 3.19. The Bertz CT molecular complexity index is 616. The molecule has 1 aliphatic rings. The zero-order chi connectivity index (χ0) is 16.6. The van der Waals surface area contributed by atoms with E-state index in [9.17, 15) is 4.79 Å². The van der Waals surface area contributed by atoms with Crippen LogP contribution in [0.25, 0.3) is 9.88 Å². The van der Waals surface area contributed by atoms with Crippen molar-refractivity contribution in [2.24, 2.45) is 0 Å². The lowest BCUT2D eigenvalue weighted by Crippen LogP contribution is -2.37. The molecule has 0 aromatic carbocycles. The van der Waals surface area contributed by atoms with Crippen molar-refractivity contribution in [1.82, 2.24) is 15.6 Å². The third-order valence-corrected chi connectivity index (χ3v) is 6.29. The first kappa shape index (κ1) is 17.6. The molecule has 0 bridgehead atoms. The van der Waals surface area contributed by atoms with E-state index in [0.717, 1.165) is 17.2 Å². The molecule has 1 amide bonds. The summed E-state index contributed by atoms with van der Waals surface area (Å²) in [6.07, 6.45) is 8.33. The molecule has 1 fully saturated rings. The Labute approximate surface area is 151 Å². The van der Waals surface area contributed by atoms with Gasteiger partial charge >= 0.3 is 0 Å². The molecule has 0 radical (unpaired) electrons. The zero-order valence-corrected chi connectivity index (χ0v) is 15.6. The minimum absolute atomic E-state index is 0.0562. The van der Waals surface area contributed by atoms with Crippen molar-refractivity contribution >= 4 is 28.6 Å². The van der Waals surface area contributed by atoms with Gasteiger partial charge < -0.3 is 10.6 Å². The largest absolute Gasteiger partial charge is 0.354 e. The van der Waals surface area contributed by atoms with Gasteiger partial charge in [-0.25, -0.2) is 4.98 Å². The quantitative estimate of drug-likeness (QED) is 0.580. The average molecular weight is 364 g/mol. The number of aromatic nitrogens is 1. The van der Waals surface area contributed by atoms with Crippen LogP contribution in [0.1, 0.15) is 44.2 Å². The number of carbonyl (C=O) groups is 1. The molecular formula is C18H25N3OS2. The first-order chi connectivity index (χ1) is 11.8. The van der Waals surface area contributed by atoms with E-state index in [1.54, 1.807) is 22.7 Å². The number of thiophene rings is 1. The van der Waals surface area contributed by atoms with Gasteiger partial charge in [0.05, 0.1) is 17.0 Å². The maximum atomic E-state index is 12.0. The van der Waals surface area contributed by atoms with E-state index in [1.807, 2.05) is 16.8 Å². The van der Waals surface area contributed by atoms with Crippen molar-refractivity contribution in [2.75, 3.05) is 13.1 Å². The van der Waals surface area contributed by atoms with Gasteiger partial charge in [-0.1, -0.05) is 31.7 Å². The van der Waals surface area contributed by atoms with E-state index in [4.69, 9.17) is 0 Å². The first-order valence-electron chi connectivity index (χ1n) is 8.79. The minimum atomic E-state index is 0.0562. The Morgan fingerprint density at radius 3 is 2.75 bits per heavy atom. The molecule has 1 aliphatic carbocycles. The third-order valence-electron chi connectivity index (χ3n) is 4.36. The van der Waals surface area contributed by atoms with Gasteiger partial charge in [-0.15, -0.1) is 22.7 Å². The van der Waals surface area contributed by atoms with Crippen LogP contribution >= 0.6 is 22.7 Å². The molecule has 0 aliphatic heterocycles. The molecule has 1 saturated carbocycles. The fourth-order valence-corrected chi connectivity index (χ4v) is 4.72. The third kappa shape index (κ3) is 5.40. The molecule has 2 aromatic heterocycles. The van der Waals surface area contributed by atoms with Crippen molar-refractivity contribution in [2.45, 2.75) is 51.0 Å². The molecule has 0 atom stereocenters. The van der Waals surface area contributed by atoms with E-state index in [-0.39, 0.29) is 5.91 Å². The van der Waals surface area contributed by atoms with Crippen molar-refractivity contribution < 1.29 is 4.79 Å². The fraction of sp³-hybridized carbons (Fsp3) is 0.556. The molecule has 3 rings (SSSR count). The van der Waals surface area contributed by atoms with Crippen LogP contribution in [0, 0.1) is 0 Å². The molecule has 130 valence electrons. The van der Waals surface area contributed by atoms with E-state index in [2.05, 4.69) is 21.7 Å². The highest BCUT2D eigenvalue weighted by atomic mass is 32.1. The van der Waals surface area contributed by atoms with Crippen molar-refractivity contribution in [3.63, 3.8) is 0 Å². The fourth-order valence-electron chi connectivity index (χ4n) is 3.09. The van der Waals surface area contributed by atoms with E-state index in [0.29, 0.717) is 19.0 Å². The summed E-state index contributed by atoms with van der Waals surface area (Å²) in [5, 5.41) is 11.6. The van der Waals surface area contributed by atoms with E-state index >= 15 is 0 Å². The van der Waals surface area contributed by atoms with Crippen LogP contribution in [0.2, 0.25) is 0 Å². The van der Waals surface area contributed by atoms with Crippen LogP contribution < -0.4 is 10.6 Å². The number of nitrogens with zero attached hydrogens (tertiary/aromatic N) is 1. The van der Waals surface area contributed by atoms with Gasteiger partial charge in [0.2, 0.25) is 5.91 Å². The molecule has 4 nitrogen and oxygen atoms in total. The summed E-state index contributed by atoms with van der Waals surface area (Å²) in [5.74, 6) is 0.0562. The van der Waals surface area contributed by atoms with Crippen molar-refractivity contribution in [3.8, 4) is 9.88 Å². The second kappa shape index (κ2) is 9.30. The zero-order valence-electron chi connectivity index (χ0n) is 13.9. The smallest absolute Gasteiger partial charge is 0.226 e. The molecule has 0 unspecified atom stereocenters. The second-order valence-corrected chi connectivity index (χ2v) is 8.10. The van der Waals surface area contributed by atoms with Gasteiger partial charge in [-0.05, 0) is 24.3 Å². The number of hydrogen-bond acceptors (Lipinski definition) is 5. The number of hydrogen-bond donors (Lipinski definition) is 2. The predicted octanol–water partition coefficient (Wildman–Crippen LogP) is 3.84. The van der Waals surface area contributed by atoms with Crippen LogP contribution in [0.15, 0.2) is 22.9 Å². The molecule has 24 heavy (non-hydrogen) atoms. The van der Waals surface area contributed by atoms with Crippen molar-refractivity contribution in [3.05, 3.63) is 28.6 Å². The predicted molar refractivity (Wildman–Crippen MR) is 102 cm³/mol. The van der Waals surface area contributed by atoms with Gasteiger partial charge in [0, 0.05) is 24.5 Å². The number of carbonyl (C=O) groups excluding carboxylic acids is 1. The van der Waals surface area contributed by atoms with Gasteiger partial charge in [-0.2, -0.15) is 0 Å². The maximum absolute atomic E-state index is 12.0. The van der Waals surface area contributed by atoms with Gasteiger partial charge in [0.25, 0.3) is 0 Å². The highest BCUT2D eigenvalue weighted by Crippen LogP contribution is 2.27. The molecule has 0 saturated heterocycles. The van der Waals surface area contributed by atoms with Crippen LogP contribution in [0.3, 0.4) is 0 Å². The number of amides is 1. The lowest BCUT2D eigenvalue weighted by atomic mass is 10.1. The summed E-state index contributed by atoms with van der Waals surface area (Å²) in [5.41, 5.74) is 0.859. The van der Waals surface area contributed by atoms with Crippen LogP contribution in [0.4, 0.5) is 0 Å². The Balaban J connectivity index is 1.35. The monoisotopic (exact) mass is 363 g/mol. The Hall–Kier alpha value is -1.24. The second-order valence-electron chi connectivity index (χ2n) is 6.29. The SMILES string of the molecule is O=C(Cc1csc(-c2cccs2)n1)NCCNC1CCCCCC1. The summed E-state index contributed by atoms with van der Waals surface area (Å²) >= 11 is 3.28. The van der Waals surface area contributed by atoms with E-state index in [1.165, 1.54) is 43.4 Å². The lowest BCUT2D eigenvalue weighted by Gasteiger charge is -2.16. The summed E-state index contributed by atoms with van der Waals surface area (Å²) in [4.78, 5) is 17.8. The van der Waals surface area contributed by atoms with Crippen LogP contribution in [-0.2, 0) is 11.2 Å². The Kier molecular flexibility index (Phi) is 6.81. The van der Waals surface area contributed by atoms with Gasteiger partial charge in [0.1, 0.15) is 5.01 Å². The molecule has 2 heterocycles. The molecule has 6 heteroatoms. The highest BCUT2D eigenvalue weighted by molar-refractivity contribution is 7.20. The molecular weight excluding hydrogens is 338 g/mol. The van der Waals surface area contributed by atoms with Crippen molar-refractivity contribution in [1.29, 1.82) is 0 Å². The van der Waals surface area contributed by atoms with Crippen LogP contribution in [-0.4, -0.2) is 30.0 Å². The number of rotatable bonds is 7. The van der Waals surface area contributed by atoms with Gasteiger partial charge in [-0.3, -0.25) is 4.79 Å². The summed E-state index contributed by atoms with van der Waals surface area (Å²) < 4.78 is 0. The standard InChI is InChI=1S/C18H25N3OS2/c22-17(20-10-9-19-14-6-3-1-2-4-7-14)12-15-13-24-18(21-15)16-8-5-11-23-16/h5,8,11,13-14,19H,1-4,6-7,9-10,12H2,(H,20,22). The number of nitrogens with one attached hydrogen (secondary N) is 2. The maximum Gasteiger partial charge on any atom is 0.226 e. The minimum Gasteiger partial charge on any atom is -0.354 e. The summed E-state index contributed by atoms with van der Waals surface area (Å²) in [6, 6.07) is 4.72. The van der Waals surface area contributed by atoms with Gasteiger partial charge in [0.15, 0.2) is 0 Å². The summed E-state index contributed by atoms with van der Waals surface area (Å²) in [7, 11) is 0. The molecule has 2 N–H and O–H groups in total. The first-order valence-corrected chi connectivity index (χ1v) is 10.6. The Morgan fingerprint density at radius 1 is 1.17 bits per heavy atom. The highest BCUT2D eigenvalue weighted by Gasteiger charge is 2.12. The lowest BCUT2D eigenvalue weighted by molar-refractivity contribution is -0.120. The number of thiazole rings is 1. The van der Waals surface area contributed by atoms with E-state index < -0.39 is 0 Å². The topological polar surface area (TPSA) is 54.0 Å². The molecule has 2 aromatic rings. The summed E-state index contributed by atoms with van der Waals surface area (Å²) in [6.45, 7) is 1.55.